The standard InChI is InChI=1S/C61H39N7/c62-40-47-29-13-14-33-49(47)51-37-20-38-52(50-34-16-18-36-54(50)61-67-58(43-25-9-3-10-26-43)64-59(68-61)44-27-11-4-12-28-44)55(51)46-31-19-30-45(39-46)48-32-15-17-35-53(48)60-65-56(41-21-5-1-6-22-41)63-57(66-60)42-23-7-2-8-24-42/h1-39H. The molecule has 0 spiro atoms. The monoisotopic (exact) mass is 869 g/mol. The van der Waals surface area contributed by atoms with E-state index in [0.717, 1.165) is 77.9 Å². The molecule has 0 N–H and O–H groups in total. The quantitative estimate of drug-likeness (QED) is 0.135. The fourth-order valence-electron chi connectivity index (χ4n) is 8.67. The van der Waals surface area contributed by atoms with Gasteiger partial charge >= 0.3 is 0 Å². The van der Waals surface area contributed by atoms with Crippen molar-refractivity contribution in [1.82, 2.24) is 29.9 Å². The van der Waals surface area contributed by atoms with E-state index in [1.807, 2.05) is 170 Å². The Bertz CT molecular complexity index is 3510. The zero-order valence-electron chi connectivity index (χ0n) is 36.6. The Kier molecular flexibility index (Phi) is 11.2. The molecule has 7 nitrogen and oxygen atoms in total. The van der Waals surface area contributed by atoms with Crippen molar-refractivity contribution in [3.05, 3.63) is 242 Å². The highest BCUT2D eigenvalue weighted by atomic mass is 15.0. The second-order valence-corrected chi connectivity index (χ2v) is 16.1. The summed E-state index contributed by atoms with van der Waals surface area (Å²) in [5, 5.41) is 10.5. The van der Waals surface area contributed by atoms with Crippen LogP contribution in [0.25, 0.3) is 113 Å². The SMILES string of the molecule is N#Cc1ccccc1-c1cccc(-c2ccccc2-c2nc(-c3ccccc3)nc(-c3ccccc3)n2)c1-c1cccc(-c2ccccc2-c2nc(-c3ccccc3)nc(-c3ccccc3)n2)c1. The Morgan fingerprint density at radius 1 is 0.235 bits per heavy atom. The van der Waals surface area contributed by atoms with Gasteiger partial charge < -0.3 is 0 Å². The molecule has 68 heavy (non-hydrogen) atoms. The Hall–Kier alpha value is -9.51. The maximum atomic E-state index is 10.5. The first kappa shape index (κ1) is 41.2. The summed E-state index contributed by atoms with van der Waals surface area (Å²) in [6.45, 7) is 0. The second kappa shape index (κ2) is 18.5. The van der Waals surface area contributed by atoms with E-state index >= 15 is 0 Å². The number of nitrogens with zero attached hydrogens (tertiary/aromatic N) is 7. The molecular formula is C61H39N7. The van der Waals surface area contributed by atoms with Crippen LogP contribution in [-0.4, -0.2) is 29.9 Å². The summed E-state index contributed by atoms with van der Waals surface area (Å²) >= 11 is 0. The van der Waals surface area contributed by atoms with Crippen LogP contribution in [0.3, 0.4) is 0 Å². The van der Waals surface area contributed by atoms with Crippen LogP contribution in [0.1, 0.15) is 5.56 Å². The van der Waals surface area contributed by atoms with E-state index in [-0.39, 0.29) is 0 Å². The average Bonchev–Trinajstić information content (AvgIpc) is 3.43. The van der Waals surface area contributed by atoms with E-state index in [4.69, 9.17) is 29.9 Å². The van der Waals surface area contributed by atoms with Gasteiger partial charge in [-0.2, -0.15) is 5.26 Å². The van der Waals surface area contributed by atoms with Crippen LogP contribution >= 0.6 is 0 Å². The molecule has 0 atom stereocenters. The first-order chi connectivity index (χ1) is 33.7. The van der Waals surface area contributed by atoms with Gasteiger partial charge in [-0.3, -0.25) is 0 Å². The van der Waals surface area contributed by atoms with Gasteiger partial charge in [0, 0.05) is 38.9 Å². The third-order valence-corrected chi connectivity index (χ3v) is 11.9. The maximum Gasteiger partial charge on any atom is 0.164 e. The number of hydrogen-bond acceptors (Lipinski definition) is 7. The van der Waals surface area contributed by atoms with Gasteiger partial charge in [-0.05, 0) is 51.1 Å². The molecule has 0 aliphatic rings. The van der Waals surface area contributed by atoms with E-state index in [9.17, 15) is 5.26 Å². The summed E-state index contributed by atoms with van der Waals surface area (Å²) in [4.78, 5) is 30.5. The predicted molar refractivity (Wildman–Crippen MR) is 272 cm³/mol. The molecule has 7 heteroatoms. The highest BCUT2D eigenvalue weighted by Gasteiger charge is 2.22. The van der Waals surface area contributed by atoms with Crippen LogP contribution in [0.5, 0.6) is 0 Å². The predicted octanol–water partition coefficient (Wildman–Crippen LogP) is 14.6. The first-order valence-electron chi connectivity index (χ1n) is 22.3. The highest BCUT2D eigenvalue weighted by Crippen LogP contribution is 2.45. The summed E-state index contributed by atoms with van der Waals surface area (Å²) in [5.41, 5.74) is 13.4. The summed E-state index contributed by atoms with van der Waals surface area (Å²) in [6, 6.07) is 81.7. The number of rotatable bonds is 10. The van der Waals surface area contributed by atoms with Crippen molar-refractivity contribution in [2.75, 3.05) is 0 Å². The van der Waals surface area contributed by atoms with Crippen LogP contribution < -0.4 is 0 Å². The van der Waals surface area contributed by atoms with Gasteiger partial charge in [0.2, 0.25) is 0 Å². The minimum atomic E-state index is 0.548. The molecule has 0 saturated carbocycles. The Morgan fingerprint density at radius 2 is 0.544 bits per heavy atom. The van der Waals surface area contributed by atoms with Crippen LogP contribution in [0.4, 0.5) is 0 Å². The Balaban J connectivity index is 1.11. The van der Waals surface area contributed by atoms with Crippen LogP contribution in [0.15, 0.2) is 237 Å². The molecule has 0 amide bonds. The Labute approximate surface area is 394 Å². The molecule has 2 aromatic heterocycles. The molecule has 0 fully saturated rings. The molecule has 0 unspecified atom stereocenters. The zero-order chi connectivity index (χ0) is 45.7. The second-order valence-electron chi connectivity index (χ2n) is 16.1. The lowest BCUT2D eigenvalue weighted by Gasteiger charge is -2.20. The summed E-state index contributed by atoms with van der Waals surface area (Å²) in [7, 11) is 0. The third-order valence-electron chi connectivity index (χ3n) is 11.9. The minimum absolute atomic E-state index is 0.548. The lowest BCUT2D eigenvalue weighted by atomic mass is 9.84. The topological polar surface area (TPSA) is 101 Å². The molecule has 0 aliphatic heterocycles. The third kappa shape index (κ3) is 8.22. The molecule has 9 aromatic carbocycles. The van der Waals surface area contributed by atoms with Crippen LogP contribution in [-0.2, 0) is 0 Å². The molecule has 0 saturated heterocycles. The van der Waals surface area contributed by atoms with E-state index in [2.05, 4.69) is 72.8 Å². The first-order valence-corrected chi connectivity index (χ1v) is 22.3. The van der Waals surface area contributed by atoms with Gasteiger partial charge in [-0.1, -0.05) is 224 Å². The van der Waals surface area contributed by atoms with Crippen molar-refractivity contribution in [3.8, 4) is 119 Å². The van der Waals surface area contributed by atoms with Gasteiger partial charge in [-0.25, -0.2) is 29.9 Å². The molecule has 2 heterocycles. The fraction of sp³-hybridized carbons (Fsp3) is 0. The van der Waals surface area contributed by atoms with E-state index < -0.39 is 0 Å². The van der Waals surface area contributed by atoms with Crippen molar-refractivity contribution in [2.24, 2.45) is 0 Å². The molecule has 11 rings (SSSR count). The van der Waals surface area contributed by atoms with Gasteiger partial charge in [0.1, 0.15) is 0 Å². The summed E-state index contributed by atoms with van der Waals surface area (Å²) in [6.07, 6.45) is 0. The van der Waals surface area contributed by atoms with Gasteiger partial charge in [0.25, 0.3) is 0 Å². The normalized spacial score (nSPS) is 10.9. The molecule has 318 valence electrons. The summed E-state index contributed by atoms with van der Waals surface area (Å²) in [5.74, 6) is 3.47. The van der Waals surface area contributed by atoms with Gasteiger partial charge in [-0.15, -0.1) is 0 Å². The molecule has 0 radical (unpaired) electrons. The lowest BCUT2D eigenvalue weighted by molar-refractivity contribution is 1.07. The van der Waals surface area contributed by atoms with Crippen molar-refractivity contribution in [3.63, 3.8) is 0 Å². The van der Waals surface area contributed by atoms with Crippen molar-refractivity contribution < 1.29 is 0 Å². The number of hydrogen-bond donors (Lipinski definition) is 0. The molecule has 0 aliphatic carbocycles. The van der Waals surface area contributed by atoms with Gasteiger partial charge in [0.05, 0.1) is 11.6 Å². The van der Waals surface area contributed by atoms with Crippen molar-refractivity contribution in [2.45, 2.75) is 0 Å². The van der Waals surface area contributed by atoms with Crippen molar-refractivity contribution >= 4 is 0 Å². The smallest absolute Gasteiger partial charge is 0.164 e. The zero-order valence-corrected chi connectivity index (χ0v) is 36.6. The van der Waals surface area contributed by atoms with Gasteiger partial charge in [0.15, 0.2) is 34.9 Å². The Morgan fingerprint density at radius 3 is 1.01 bits per heavy atom. The fourth-order valence-corrected chi connectivity index (χ4v) is 8.67. The largest absolute Gasteiger partial charge is 0.208 e. The molecular weight excluding hydrogens is 831 g/mol. The highest BCUT2D eigenvalue weighted by molar-refractivity contribution is 5.99. The summed E-state index contributed by atoms with van der Waals surface area (Å²) < 4.78 is 0. The molecule has 0 bridgehead atoms. The minimum Gasteiger partial charge on any atom is -0.208 e. The average molecular weight is 870 g/mol. The van der Waals surface area contributed by atoms with Crippen LogP contribution in [0.2, 0.25) is 0 Å². The van der Waals surface area contributed by atoms with Crippen LogP contribution in [0, 0.1) is 11.3 Å². The van der Waals surface area contributed by atoms with E-state index in [1.165, 1.54) is 0 Å². The number of benzene rings is 9. The number of nitriles is 1. The van der Waals surface area contributed by atoms with Crippen molar-refractivity contribution in [1.29, 1.82) is 5.26 Å². The number of aromatic nitrogens is 6. The van der Waals surface area contributed by atoms with E-state index in [1.54, 1.807) is 0 Å². The maximum absolute atomic E-state index is 10.5. The van der Waals surface area contributed by atoms with E-state index in [0.29, 0.717) is 40.5 Å². The lowest BCUT2D eigenvalue weighted by Crippen LogP contribution is -2.01. The molecule has 11 aromatic rings.